The first-order valence-corrected chi connectivity index (χ1v) is 9.69. The molecule has 1 heterocycles. The molecule has 0 aliphatic heterocycles. The van der Waals surface area contributed by atoms with Crippen LogP contribution in [-0.4, -0.2) is 34.9 Å². The smallest absolute Gasteiger partial charge is 0.355 e. The zero-order valence-electron chi connectivity index (χ0n) is 16.4. The zero-order chi connectivity index (χ0) is 20.1. The number of aromatic nitrogens is 1. The van der Waals surface area contributed by atoms with E-state index in [0.29, 0.717) is 5.56 Å². The quantitative estimate of drug-likeness (QED) is 0.564. The number of carbonyl (C=O) groups is 3. The SMILES string of the molecule is CC(=O)c1cc(C(=O)OCC(=O)N(c2ccccc2)C2CCCCC2)n(C)c1. The van der Waals surface area contributed by atoms with E-state index in [0.717, 1.165) is 31.4 Å². The molecule has 1 fully saturated rings. The molecule has 2 aromatic rings. The zero-order valence-corrected chi connectivity index (χ0v) is 16.4. The summed E-state index contributed by atoms with van der Waals surface area (Å²) in [5.74, 6) is -0.967. The average molecular weight is 382 g/mol. The van der Waals surface area contributed by atoms with Crippen molar-refractivity contribution in [3.8, 4) is 0 Å². The van der Waals surface area contributed by atoms with Crippen molar-refractivity contribution in [2.45, 2.75) is 45.1 Å². The lowest BCUT2D eigenvalue weighted by atomic mass is 9.93. The van der Waals surface area contributed by atoms with Gasteiger partial charge in [0.05, 0.1) is 0 Å². The summed E-state index contributed by atoms with van der Waals surface area (Å²) in [7, 11) is 1.67. The molecule has 1 aromatic carbocycles. The Kier molecular flexibility index (Phi) is 6.29. The Bertz CT molecular complexity index is 851. The first kappa shape index (κ1) is 19.9. The number of ketones is 1. The highest BCUT2D eigenvalue weighted by atomic mass is 16.5. The van der Waals surface area contributed by atoms with Crippen molar-refractivity contribution in [1.82, 2.24) is 4.57 Å². The summed E-state index contributed by atoms with van der Waals surface area (Å²) in [5.41, 5.74) is 1.52. The Morgan fingerprint density at radius 3 is 2.39 bits per heavy atom. The van der Waals surface area contributed by atoms with Gasteiger partial charge in [0.15, 0.2) is 12.4 Å². The molecule has 0 unspecified atom stereocenters. The standard InChI is InChI=1S/C22H26N2O4/c1-16(25)17-13-20(23(2)14-17)22(27)28-15-21(26)24(18-9-5-3-6-10-18)19-11-7-4-8-12-19/h3,5-6,9-10,13-14,19H,4,7-8,11-12,15H2,1-2H3. The number of amides is 1. The normalized spacial score (nSPS) is 14.5. The number of aryl methyl sites for hydroxylation is 1. The van der Waals surface area contributed by atoms with E-state index in [1.807, 2.05) is 30.3 Å². The van der Waals surface area contributed by atoms with Crippen LogP contribution in [0.2, 0.25) is 0 Å². The number of para-hydroxylation sites is 1. The van der Waals surface area contributed by atoms with Crippen molar-refractivity contribution < 1.29 is 19.1 Å². The summed E-state index contributed by atoms with van der Waals surface area (Å²) >= 11 is 0. The highest BCUT2D eigenvalue weighted by Crippen LogP contribution is 2.27. The highest BCUT2D eigenvalue weighted by Gasteiger charge is 2.28. The molecular formula is C22H26N2O4. The predicted octanol–water partition coefficient (Wildman–Crippen LogP) is 3.75. The van der Waals surface area contributed by atoms with Crippen molar-refractivity contribution in [2.24, 2.45) is 7.05 Å². The van der Waals surface area contributed by atoms with E-state index >= 15 is 0 Å². The summed E-state index contributed by atoms with van der Waals surface area (Å²) in [6.45, 7) is 1.11. The van der Waals surface area contributed by atoms with Gasteiger partial charge in [-0.3, -0.25) is 9.59 Å². The van der Waals surface area contributed by atoms with Crippen LogP contribution in [0.5, 0.6) is 0 Å². The Labute approximate surface area is 165 Å². The maximum Gasteiger partial charge on any atom is 0.355 e. The fraction of sp³-hybridized carbons (Fsp3) is 0.409. The Morgan fingerprint density at radius 2 is 1.79 bits per heavy atom. The molecule has 6 heteroatoms. The lowest BCUT2D eigenvalue weighted by molar-refractivity contribution is -0.122. The Hall–Kier alpha value is -2.89. The number of hydrogen-bond acceptors (Lipinski definition) is 4. The third-order valence-electron chi connectivity index (χ3n) is 5.19. The monoisotopic (exact) mass is 382 g/mol. The predicted molar refractivity (Wildman–Crippen MR) is 107 cm³/mol. The maximum absolute atomic E-state index is 13.0. The first-order chi connectivity index (χ1) is 13.5. The minimum atomic E-state index is -0.611. The molecule has 1 amide bonds. The number of hydrogen-bond donors (Lipinski definition) is 0. The number of esters is 1. The van der Waals surface area contributed by atoms with Crippen LogP contribution in [0.1, 0.15) is 59.9 Å². The molecule has 1 saturated carbocycles. The molecule has 0 bridgehead atoms. The number of rotatable bonds is 6. The number of anilines is 1. The second-order valence-electron chi connectivity index (χ2n) is 7.25. The van der Waals surface area contributed by atoms with E-state index in [4.69, 9.17) is 4.74 Å². The molecule has 3 rings (SSSR count). The van der Waals surface area contributed by atoms with Gasteiger partial charge >= 0.3 is 5.97 Å². The molecule has 28 heavy (non-hydrogen) atoms. The van der Waals surface area contributed by atoms with E-state index in [-0.39, 0.29) is 30.0 Å². The average Bonchev–Trinajstić information content (AvgIpc) is 3.10. The number of nitrogens with zero attached hydrogens (tertiary/aromatic N) is 2. The van der Waals surface area contributed by atoms with Crippen LogP contribution in [0.15, 0.2) is 42.6 Å². The fourth-order valence-corrected chi connectivity index (χ4v) is 3.72. The van der Waals surface area contributed by atoms with Crippen molar-refractivity contribution in [2.75, 3.05) is 11.5 Å². The van der Waals surface area contributed by atoms with E-state index < -0.39 is 5.97 Å². The molecule has 148 valence electrons. The third kappa shape index (κ3) is 4.50. The maximum atomic E-state index is 13.0. The number of Topliss-reactive ketones (excluding diaryl/α,β-unsaturated/α-hetero) is 1. The van der Waals surface area contributed by atoms with Crippen LogP contribution in [0.25, 0.3) is 0 Å². The summed E-state index contributed by atoms with van der Waals surface area (Å²) < 4.78 is 6.84. The molecule has 1 aliphatic carbocycles. The lowest BCUT2D eigenvalue weighted by Gasteiger charge is -2.34. The number of ether oxygens (including phenoxy) is 1. The van der Waals surface area contributed by atoms with Crippen molar-refractivity contribution in [3.05, 3.63) is 53.9 Å². The van der Waals surface area contributed by atoms with Gasteiger partial charge in [0.25, 0.3) is 5.91 Å². The number of carbonyl (C=O) groups excluding carboxylic acids is 3. The first-order valence-electron chi connectivity index (χ1n) is 9.69. The molecular weight excluding hydrogens is 356 g/mol. The Balaban J connectivity index is 1.71. The van der Waals surface area contributed by atoms with Crippen molar-refractivity contribution >= 4 is 23.3 Å². The van der Waals surface area contributed by atoms with Crippen molar-refractivity contribution in [1.29, 1.82) is 0 Å². The third-order valence-corrected chi connectivity index (χ3v) is 5.19. The largest absolute Gasteiger partial charge is 0.451 e. The van der Waals surface area contributed by atoms with Gasteiger partial charge in [-0.2, -0.15) is 0 Å². The van der Waals surface area contributed by atoms with Gasteiger partial charge in [0, 0.05) is 30.5 Å². The second kappa shape index (κ2) is 8.87. The molecule has 0 spiro atoms. The van der Waals surface area contributed by atoms with Crippen molar-refractivity contribution in [3.63, 3.8) is 0 Å². The molecule has 1 aliphatic rings. The van der Waals surface area contributed by atoms with Crippen LogP contribution < -0.4 is 4.90 Å². The van der Waals surface area contributed by atoms with Gasteiger partial charge in [0.1, 0.15) is 5.69 Å². The summed E-state index contributed by atoms with van der Waals surface area (Å²) in [4.78, 5) is 38.7. The second-order valence-corrected chi connectivity index (χ2v) is 7.25. The van der Waals surface area contributed by atoms with Gasteiger partial charge < -0.3 is 14.2 Å². The van der Waals surface area contributed by atoms with Gasteiger partial charge in [-0.15, -0.1) is 0 Å². The molecule has 6 nitrogen and oxygen atoms in total. The van der Waals surface area contributed by atoms with Crippen LogP contribution in [0.3, 0.4) is 0 Å². The van der Waals surface area contributed by atoms with Crippen LogP contribution >= 0.6 is 0 Å². The van der Waals surface area contributed by atoms with Crippen LogP contribution in [0.4, 0.5) is 5.69 Å². The van der Waals surface area contributed by atoms with Crippen LogP contribution in [-0.2, 0) is 16.6 Å². The molecule has 0 N–H and O–H groups in total. The van der Waals surface area contributed by atoms with E-state index in [2.05, 4.69) is 0 Å². The summed E-state index contributed by atoms with van der Waals surface area (Å²) in [5, 5.41) is 0. The van der Waals surface area contributed by atoms with Gasteiger partial charge in [-0.25, -0.2) is 4.79 Å². The summed E-state index contributed by atoms with van der Waals surface area (Å²) in [6, 6.07) is 11.1. The minimum absolute atomic E-state index is 0.127. The number of benzene rings is 1. The lowest BCUT2D eigenvalue weighted by Crippen LogP contribution is -2.43. The van der Waals surface area contributed by atoms with Gasteiger partial charge in [-0.05, 0) is 38.0 Å². The highest BCUT2D eigenvalue weighted by molar-refractivity contribution is 5.99. The fourth-order valence-electron chi connectivity index (χ4n) is 3.72. The molecule has 0 saturated heterocycles. The molecule has 0 atom stereocenters. The Morgan fingerprint density at radius 1 is 1.11 bits per heavy atom. The minimum Gasteiger partial charge on any atom is -0.451 e. The van der Waals surface area contributed by atoms with E-state index in [1.54, 1.807) is 22.7 Å². The van der Waals surface area contributed by atoms with E-state index in [1.165, 1.54) is 19.4 Å². The molecule has 0 radical (unpaired) electrons. The van der Waals surface area contributed by atoms with Gasteiger partial charge in [0.2, 0.25) is 0 Å². The molecule has 1 aromatic heterocycles. The topological polar surface area (TPSA) is 68.6 Å². The van der Waals surface area contributed by atoms with Crippen LogP contribution in [0, 0.1) is 0 Å². The summed E-state index contributed by atoms with van der Waals surface area (Å²) in [6.07, 6.45) is 6.87. The van der Waals surface area contributed by atoms with Gasteiger partial charge in [-0.1, -0.05) is 37.5 Å². The van der Waals surface area contributed by atoms with E-state index in [9.17, 15) is 14.4 Å².